The van der Waals surface area contributed by atoms with Crippen LogP contribution in [0.1, 0.15) is 23.1 Å². The normalized spacial score (nSPS) is 17.1. The van der Waals surface area contributed by atoms with Crippen LogP contribution in [-0.2, 0) is 19.2 Å². The maximum Gasteiger partial charge on any atom is 0.309 e. The quantitative estimate of drug-likeness (QED) is 0.246. The van der Waals surface area contributed by atoms with Crippen molar-refractivity contribution in [1.82, 2.24) is 5.48 Å². The molecule has 0 saturated heterocycles. The molecule has 0 aromatic heterocycles. The molecule has 10 nitrogen and oxygen atoms in total. The van der Waals surface area contributed by atoms with Gasteiger partial charge >= 0.3 is 5.97 Å². The van der Waals surface area contributed by atoms with Crippen LogP contribution in [0.4, 0.5) is 5.69 Å². The van der Waals surface area contributed by atoms with Crippen LogP contribution in [0.5, 0.6) is 0 Å². The number of ether oxygens (including phenoxy) is 1. The van der Waals surface area contributed by atoms with Gasteiger partial charge in [0.25, 0.3) is 5.91 Å². The standard InChI is InChI=1S/C22H24N6O4/c1-28(16-8-6-13(7-9-16)19(23)24)21(30)22(12-18(29)31-2)11-17(27-32-22)14-4-3-5-15(10-14)20(25)26/h3-11,27H,12H2,1-2H3,(H3,23,24)(H3,25,26). The van der Waals surface area contributed by atoms with Crippen LogP contribution >= 0.6 is 0 Å². The molecule has 10 heteroatoms. The highest BCUT2D eigenvalue weighted by Crippen LogP contribution is 2.32. The van der Waals surface area contributed by atoms with Gasteiger partial charge in [-0.25, -0.2) is 0 Å². The average molecular weight is 436 g/mol. The molecule has 2 aromatic carbocycles. The van der Waals surface area contributed by atoms with E-state index >= 15 is 0 Å². The van der Waals surface area contributed by atoms with E-state index in [9.17, 15) is 9.59 Å². The van der Waals surface area contributed by atoms with Crippen molar-refractivity contribution in [2.75, 3.05) is 19.1 Å². The predicted molar refractivity (Wildman–Crippen MR) is 120 cm³/mol. The molecule has 1 unspecified atom stereocenters. The Morgan fingerprint density at radius 1 is 1.09 bits per heavy atom. The van der Waals surface area contributed by atoms with E-state index in [0.29, 0.717) is 28.1 Å². The largest absolute Gasteiger partial charge is 0.469 e. The fraction of sp³-hybridized carbons (Fsp3) is 0.182. The Bertz CT molecular complexity index is 1110. The second-order valence-corrected chi connectivity index (χ2v) is 7.22. The van der Waals surface area contributed by atoms with Gasteiger partial charge in [0.05, 0.1) is 19.2 Å². The highest BCUT2D eigenvalue weighted by molar-refractivity contribution is 6.05. The van der Waals surface area contributed by atoms with Crippen LogP contribution < -0.4 is 21.8 Å². The number of methoxy groups -OCH3 is 1. The van der Waals surface area contributed by atoms with E-state index in [2.05, 4.69) is 5.48 Å². The number of carbonyl (C=O) groups excluding carboxylic acids is 2. The molecule has 0 spiro atoms. The van der Waals surface area contributed by atoms with Crippen molar-refractivity contribution < 1.29 is 19.2 Å². The van der Waals surface area contributed by atoms with Gasteiger partial charge in [-0.15, -0.1) is 0 Å². The molecular weight excluding hydrogens is 412 g/mol. The van der Waals surface area contributed by atoms with Crippen molar-refractivity contribution in [2.24, 2.45) is 11.5 Å². The SMILES string of the molecule is COC(=O)CC1(C(=O)N(C)c2ccc(C(=N)N)cc2)C=C(c2cccc(C(=N)N)c2)NO1. The fourth-order valence-electron chi connectivity index (χ4n) is 3.26. The first kappa shape index (κ1) is 22.5. The topological polar surface area (TPSA) is 168 Å². The first-order chi connectivity index (χ1) is 15.2. The van der Waals surface area contributed by atoms with Gasteiger partial charge < -0.3 is 21.1 Å². The van der Waals surface area contributed by atoms with Gasteiger partial charge in [-0.1, -0.05) is 18.2 Å². The number of likely N-dealkylation sites (N-methyl/N-ethyl adjacent to an activating group) is 1. The van der Waals surface area contributed by atoms with Gasteiger partial charge in [0, 0.05) is 29.4 Å². The van der Waals surface area contributed by atoms with Gasteiger partial charge in [0.1, 0.15) is 11.7 Å². The highest BCUT2D eigenvalue weighted by Gasteiger charge is 2.47. The van der Waals surface area contributed by atoms with E-state index in [0.717, 1.165) is 0 Å². The van der Waals surface area contributed by atoms with Gasteiger partial charge in [0.2, 0.25) is 5.60 Å². The number of hydrogen-bond donors (Lipinski definition) is 5. The Morgan fingerprint density at radius 3 is 2.34 bits per heavy atom. The smallest absolute Gasteiger partial charge is 0.309 e. The number of nitrogens with two attached hydrogens (primary N) is 2. The molecule has 0 saturated carbocycles. The number of carbonyl (C=O) groups is 2. The fourth-order valence-corrected chi connectivity index (χ4v) is 3.26. The van der Waals surface area contributed by atoms with Gasteiger partial charge in [-0.2, -0.15) is 0 Å². The molecule has 1 atom stereocenters. The van der Waals surface area contributed by atoms with Crippen LogP contribution in [-0.4, -0.2) is 43.3 Å². The van der Waals surface area contributed by atoms with Gasteiger partial charge in [-0.05, 0) is 36.4 Å². The predicted octanol–water partition coefficient (Wildman–Crippen LogP) is 1.10. The lowest BCUT2D eigenvalue weighted by Crippen LogP contribution is -2.49. The number of benzene rings is 2. The summed E-state index contributed by atoms with van der Waals surface area (Å²) >= 11 is 0. The molecule has 1 aliphatic heterocycles. The summed E-state index contributed by atoms with van der Waals surface area (Å²) in [4.78, 5) is 32.6. The van der Waals surface area contributed by atoms with Crippen LogP contribution in [0.3, 0.4) is 0 Å². The highest BCUT2D eigenvalue weighted by atomic mass is 16.7. The molecule has 1 aliphatic rings. The Kier molecular flexibility index (Phi) is 6.26. The molecule has 0 radical (unpaired) electrons. The Hall–Kier alpha value is -4.18. The third kappa shape index (κ3) is 4.44. The number of nitrogens with one attached hydrogen (secondary N) is 3. The van der Waals surface area contributed by atoms with E-state index in [-0.39, 0.29) is 18.1 Å². The van der Waals surface area contributed by atoms with Crippen molar-refractivity contribution in [3.8, 4) is 0 Å². The second-order valence-electron chi connectivity index (χ2n) is 7.22. The average Bonchev–Trinajstić information content (AvgIpc) is 3.23. The van der Waals surface area contributed by atoms with E-state index < -0.39 is 17.5 Å². The van der Waals surface area contributed by atoms with Crippen LogP contribution in [0.25, 0.3) is 5.70 Å². The molecule has 166 valence electrons. The van der Waals surface area contributed by atoms with Crippen molar-refractivity contribution in [1.29, 1.82) is 10.8 Å². The van der Waals surface area contributed by atoms with E-state index in [4.69, 9.17) is 31.9 Å². The number of hydrogen-bond acceptors (Lipinski definition) is 7. The molecular formula is C22H24N6O4. The summed E-state index contributed by atoms with van der Waals surface area (Å²) in [6.07, 6.45) is 1.16. The summed E-state index contributed by atoms with van der Waals surface area (Å²) in [5.74, 6) is -1.33. The molecule has 2 aromatic rings. The van der Waals surface area contributed by atoms with Crippen LogP contribution in [0, 0.1) is 10.8 Å². The molecule has 1 heterocycles. The number of nitrogens with zero attached hydrogens (tertiary/aromatic N) is 1. The second kappa shape index (κ2) is 8.90. The molecule has 0 aliphatic carbocycles. The summed E-state index contributed by atoms with van der Waals surface area (Å²) in [5.41, 5.74) is 14.7. The minimum absolute atomic E-state index is 0.0867. The summed E-state index contributed by atoms with van der Waals surface area (Å²) < 4.78 is 4.78. The Labute approximate surface area is 184 Å². The summed E-state index contributed by atoms with van der Waals surface area (Å²) in [5, 5.41) is 15.1. The van der Waals surface area contributed by atoms with Crippen molar-refractivity contribution >= 4 is 34.9 Å². The van der Waals surface area contributed by atoms with Gasteiger partial charge in [0.15, 0.2) is 0 Å². The number of anilines is 1. The van der Waals surface area contributed by atoms with Crippen LogP contribution in [0.2, 0.25) is 0 Å². The number of nitrogen functional groups attached to an aromatic ring is 2. The number of hydroxylamine groups is 1. The summed E-state index contributed by atoms with van der Waals surface area (Å²) in [6.45, 7) is 0. The third-order valence-corrected chi connectivity index (χ3v) is 5.07. The lowest BCUT2D eigenvalue weighted by Gasteiger charge is -2.28. The zero-order valence-electron chi connectivity index (χ0n) is 17.6. The third-order valence-electron chi connectivity index (χ3n) is 5.07. The van der Waals surface area contributed by atoms with E-state index in [1.165, 1.54) is 18.1 Å². The molecule has 3 rings (SSSR count). The molecule has 0 bridgehead atoms. The molecule has 0 fully saturated rings. The first-order valence-corrected chi connectivity index (χ1v) is 9.58. The minimum Gasteiger partial charge on any atom is -0.469 e. The van der Waals surface area contributed by atoms with Crippen LogP contribution in [0.15, 0.2) is 54.6 Å². The Morgan fingerprint density at radius 2 is 1.75 bits per heavy atom. The number of esters is 1. The summed E-state index contributed by atoms with van der Waals surface area (Å²) in [7, 11) is 2.78. The number of rotatable bonds is 7. The Balaban J connectivity index is 1.97. The summed E-state index contributed by atoms with van der Waals surface area (Å²) in [6, 6.07) is 13.4. The lowest BCUT2D eigenvalue weighted by molar-refractivity contribution is -0.155. The van der Waals surface area contributed by atoms with Gasteiger partial charge in [-0.3, -0.25) is 30.7 Å². The zero-order chi connectivity index (χ0) is 23.5. The molecule has 32 heavy (non-hydrogen) atoms. The zero-order valence-corrected chi connectivity index (χ0v) is 17.6. The molecule has 1 amide bonds. The molecule has 7 N–H and O–H groups in total. The maximum absolute atomic E-state index is 13.5. The monoisotopic (exact) mass is 436 g/mol. The maximum atomic E-state index is 13.5. The van der Waals surface area contributed by atoms with E-state index in [1.807, 2.05) is 0 Å². The number of amides is 1. The van der Waals surface area contributed by atoms with Crippen molar-refractivity contribution in [3.05, 3.63) is 71.3 Å². The lowest BCUT2D eigenvalue weighted by atomic mass is 9.95. The van der Waals surface area contributed by atoms with E-state index in [1.54, 1.807) is 55.6 Å². The first-order valence-electron chi connectivity index (χ1n) is 9.58. The van der Waals surface area contributed by atoms with Crippen molar-refractivity contribution in [2.45, 2.75) is 12.0 Å². The van der Waals surface area contributed by atoms with Crippen molar-refractivity contribution in [3.63, 3.8) is 0 Å². The number of amidine groups is 2. The minimum atomic E-state index is -1.66.